The summed E-state index contributed by atoms with van der Waals surface area (Å²) in [5.41, 5.74) is 2.50. The quantitative estimate of drug-likeness (QED) is 0.642. The third kappa shape index (κ3) is 5.42. The van der Waals surface area contributed by atoms with Gasteiger partial charge < -0.3 is 10.2 Å². The van der Waals surface area contributed by atoms with Gasteiger partial charge in [-0.2, -0.15) is 0 Å². The molecule has 156 valence electrons. The Balaban J connectivity index is 1.27. The monoisotopic (exact) mass is 412 g/mol. The fourth-order valence-corrected chi connectivity index (χ4v) is 3.57. The SMILES string of the molecule is O=C(Nc1cnc(-c2ccccc2)nc1)C1CCN(C(=O)/C=C/c2ccccc2)CC1. The van der Waals surface area contributed by atoms with Crippen LogP contribution >= 0.6 is 0 Å². The molecule has 1 N–H and O–H groups in total. The van der Waals surface area contributed by atoms with Crippen LogP contribution in [0.2, 0.25) is 0 Å². The molecule has 2 aromatic carbocycles. The Morgan fingerprint density at radius 2 is 1.52 bits per heavy atom. The van der Waals surface area contributed by atoms with Crippen molar-refractivity contribution in [3.63, 3.8) is 0 Å². The number of anilines is 1. The molecule has 3 aromatic rings. The van der Waals surface area contributed by atoms with E-state index < -0.39 is 0 Å². The molecule has 1 aliphatic heterocycles. The Hall–Kier alpha value is -3.80. The number of aromatic nitrogens is 2. The second kappa shape index (κ2) is 9.80. The number of likely N-dealkylation sites (tertiary alicyclic amines) is 1. The number of nitrogens with zero attached hydrogens (tertiary/aromatic N) is 3. The van der Waals surface area contributed by atoms with Gasteiger partial charge in [-0.05, 0) is 24.5 Å². The number of hydrogen-bond acceptors (Lipinski definition) is 4. The molecule has 0 spiro atoms. The molecule has 1 aliphatic rings. The van der Waals surface area contributed by atoms with Crippen molar-refractivity contribution in [3.8, 4) is 11.4 Å². The number of amides is 2. The minimum atomic E-state index is -0.129. The molecule has 1 saturated heterocycles. The van der Waals surface area contributed by atoms with Crippen LogP contribution in [-0.4, -0.2) is 39.8 Å². The van der Waals surface area contributed by atoms with Crippen molar-refractivity contribution in [1.82, 2.24) is 14.9 Å². The highest BCUT2D eigenvalue weighted by Crippen LogP contribution is 2.20. The van der Waals surface area contributed by atoms with Gasteiger partial charge in [-0.1, -0.05) is 60.7 Å². The number of benzene rings is 2. The van der Waals surface area contributed by atoms with Gasteiger partial charge in [-0.15, -0.1) is 0 Å². The summed E-state index contributed by atoms with van der Waals surface area (Å²) in [5.74, 6) is 0.417. The number of carbonyl (C=O) groups is 2. The van der Waals surface area contributed by atoms with E-state index in [0.29, 0.717) is 37.4 Å². The lowest BCUT2D eigenvalue weighted by molar-refractivity contribution is -0.130. The van der Waals surface area contributed by atoms with Crippen LogP contribution in [0.3, 0.4) is 0 Å². The number of hydrogen-bond donors (Lipinski definition) is 1. The van der Waals surface area contributed by atoms with Crippen LogP contribution in [0.15, 0.2) is 79.1 Å². The summed E-state index contributed by atoms with van der Waals surface area (Å²) in [7, 11) is 0. The zero-order chi connectivity index (χ0) is 21.5. The molecule has 2 amide bonds. The van der Waals surface area contributed by atoms with Gasteiger partial charge in [-0.3, -0.25) is 9.59 Å². The minimum absolute atomic E-state index is 0.0207. The lowest BCUT2D eigenvalue weighted by atomic mass is 9.95. The van der Waals surface area contributed by atoms with E-state index in [9.17, 15) is 9.59 Å². The van der Waals surface area contributed by atoms with Crippen molar-refractivity contribution in [2.45, 2.75) is 12.8 Å². The van der Waals surface area contributed by atoms with Crippen LogP contribution in [0.25, 0.3) is 17.5 Å². The lowest BCUT2D eigenvalue weighted by Gasteiger charge is -2.30. The molecule has 4 rings (SSSR count). The highest BCUT2D eigenvalue weighted by atomic mass is 16.2. The smallest absolute Gasteiger partial charge is 0.246 e. The zero-order valence-electron chi connectivity index (χ0n) is 17.1. The van der Waals surface area contributed by atoms with Crippen LogP contribution < -0.4 is 5.32 Å². The van der Waals surface area contributed by atoms with Crippen molar-refractivity contribution in [2.75, 3.05) is 18.4 Å². The Morgan fingerprint density at radius 1 is 0.903 bits per heavy atom. The van der Waals surface area contributed by atoms with Crippen LogP contribution in [0, 0.1) is 5.92 Å². The summed E-state index contributed by atoms with van der Waals surface area (Å²) in [4.78, 5) is 35.5. The Bertz CT molecular complexity index is 1040. The predicted molar refractivity (Wildman–Crippen MR) is 121 cm³/mol. The molecule has 6 heteroatoms. The summed E-state index contributed by atoms with van der Waals surface area (Å²) in [6.45, 7) is 1.14. The summed E-state index contributed by atoms with van der Waals surface area (Å²) in [6, 6.07) is 19.4. The lowest BCUT2D eigenvalue weighted by Crippen LogP contribution is -2.40. The van der Waals surface area contributed by atoms with E-state index in [1.807, 2.05) is 66.7 Å². The number of nitrogens with one attached hydrogen (secondary N) is 1. The second-order valence-electron chi connectivity index (χ2n) is 7.49. The van der Waals surface area contributed by atoms with Gasteiger partial charge in [0.15, 0.2) is 5.82 Å². The van der Waals surface area contributed by atoms with Crippen molar-refractivity contribution < 1.29 is 9.59 Å². The van der Waals surface area contributed by atoms with Gasteiger partial charge in [0.25, 0.3) is 0 Å². The molecule has 0 bridgehead atoms. The Morgan fingerprint density at radius 3 is 2.16 bits per heavy atom. The molecule has 0 saturated carbocycles. The van der Waals surface area contributed by atoms with Crippen LogP contribution in [0.1, 0.15) is 18.4 Å². The van der Waals surface area contributed by atoms with E-state index >= 15 is 0 Å². The van der Waals surface area contributed by atoms with Crippen molar-refractivity contribution in [1.29, 1.82) is 0 Å². The number of piperidine rings is 1. The molecule has 0 unspecified atom stereocenters. The molecule has 31 heavy (non-hydrogen) atoms. The van der Waals surface area contributed by atoms with E-state index in [4.69, 9.17) is 0 Å². The highest BCUT2D eigenvalue weighted by Gasteiger charge is 2.26. The number of carbonyl (C=O) groups excluding carboxylic acids is 2. The molecule has 0 aliphatic carbocycles. The maximum Gasteiger partial charge on any atom is 0.246 e. The fourth-order valence-electron chi connectivity index (χ4n) is 3.57. The maximum atomic E-state index is 12.6. The first-order valence-corrected chi connectivity index (χ1v) is 10.4. The normalized spacial score (nSPS) is 14.5. The van der Waals surface area contributed by atoms with Crippen molar-refractivity contribution in [3.05, 3.63) is 84.7 Å². The third-order valence-electron chi connectivity index (χ3n) is 5.35. The predicted octanol–water partition coefficient (Wildman–Crippen LogP) is 4.03. The van der Waals surface area contributed by atoms with Crippen LogP contribution in [0.4, 0.5) is 5.69 Å². The molecule has 1 aromatic heterocycles. The molecule has 6 nitrogen and oxygen atoms in total. The van der Waals surface area contributed by atoms with Crippen LogP contribution in [-0.2, 0) is 9.59 Å². The van der Waals surface area contributed by atoms with Gasteiger partial charge in [-0.25, -0.2) is 9.97 Å². The van der Waals surface area contributed by atoms with E-state index in [2.05, 4.69) is 15.3 Å². The number of rotatable bonds is 5. The molecular weight excluding hydrogens is 388 g/mol. The van der Waals surface area contributed by atoms with Crippen LogP contribution in [0.5, 0.6) is 0 Å². The Kier molecular flexibility index (Phi) is 6.47. The average molecular weight is 412 g/mol. The van der Waals surface area contributed by atoms with Crippen molar-refractivity contribution in [2.24, 2.45) is 5.92 Å². The first kappa shape index (κ1) is 20.5. The van der Waals surface area contributed by atoms with Crippen molar-refractivity contribution >= 4 is 23.6 Å². The van der Waals surface area contributed by atoms with Gasteiger partial charge in [0, 0.05) is 30.6 Å². The van der Waals surface area contributed by atoms with E-state index in [1.165, 1.54) is 0 Å². The molecular formula is C25H24N4O2. The first-order valence-electron chi connectivity index (χ1n) is 10.4. The summed E-state index contributed by atoms with van der Waals surface area (Å²) >= 11 is 0. The summed E-state index contributed by atoms with van der Waals surface area (Å²) < 4.78 is 0. The molecule has 0 radical (unpaired) electrons. The zero-order valence-corrected chi connectivity index (χ0v) is 17.1. The summed E-state index contributed by atoms with van der Waals surface area (Å²) in [6.07, 6.45) is 7.95. The van der Waals surface area contributed by atoms with E-state index in [0.717, 1.165) is 11.1 Å². The van der Waals surface area contributed by atoms with E-state index in [1.54, 1.807) is 23.4 Å². The highest BCUT2D eigenvalue weighted by molar-refractivity contribution is 5.94. The topological polar surface area (TPSA) is 75.2 Å². The second-order valence-corrected chi connectivity index (χ2v) is 7.49. The maximum absolute atomic E-state index is 12.6. The molecule has 2 heterocycles. The van der Waals surface area contributed by atoms with Gasteiger partial charge >= 0.3 is 0 Å². The Labute approximate surface area is 181 Å². The third-order valence-corrected chi connectivity index (χ3v) is 5.35. The van der Waals surface area contributed by atoms with E-state index in [-0.39, 0.29) is 17.7 Å². The first-order chi connectivity index (χ1) is 15.2. The molecule has 0 atom stereocenters. The molecule has 1 fully saturated rings. The van der Waals surface area contributed by atoms with Gasteiger partial charge in [0.05, 0.1) is 18.1 Å². The minimum Gasteiger partial charge on any atom is -0.339 e. The largest absolute Gasteiger partial charge is 0.339 e. The van der Waals surface area contributed by atoms with Gasteiger partial charge in [0.1, 0.15) is 0 Å². The fraction of sp³-hybridized carbons (Fsp3) is 0.200. The average Bonchev–Trinajstić information content (AvgIpc) is 2.84. The van der Waals surface area contributed by atoms with Gasteiger partial charge in [0.2, 0.25) is 11.8 Å². The summed E-state index contributed by atoms with van der Waals surface area (Å²) in [5, 5.41) is 2.90. The standard InChI is InChI=1S/C25H24N4O2/c30-23(12-11-19-7-3-1-4-8-19)29-15-13-21(14-16-29)25(31)28-22-17-26-24(27-18-22)20-9-5-2-6-10-20/h1-12,17-18,21H,13-16H2,(H,28,31)/b12-11+.